The van der Waals surface area contributed by atoms with E-state index in [9.17, 15) is 35.9 Å². The van der Waals surface area contributed by atoms with E-state index in [1.165, 1.54) is 12.1 Å². The van der Waals surface area contributed by atoms with Crippen molar-refractivity contribution in [2.75, 3.05) is 11.9 Å². The molecule has 2 heterocycles. The minimum Gasteiger partial charge on any atom is -0.338 e. The number of carbonyl (C=O) groups is 2. The SMILES string of the molecule is O=C(Nc1cccc(CN2CCCC2=O)c1)c1cnn(-c2cccc(C(F)(F)F)c2)c1C(F)(F)F. The number of anilines is 1. The number of likely N-dealkylation sites (tertiary alicyclic amines) is 1. The summed E-state index contributed by atoms with van der Waals surface area (Å²) in [6.45, 7) is 0.892. The molecule has 6 nitrogen and oxygen atoms in total. The number of halogens is 6. The van der Waals surface area contributed by atoms with Crippen molar-refractivity contribution in [2.24, 2.45) is 0 Å². The van der Waals surface area contributed by atoms with Crippen molar-refractivity contribution in [2.45, 2.75) is 31.7 Å². The van der Waals surface area contributed by atoms with Gasteiger partial charge in [0.15, 0.2) is 5.69 Å². The van der Waals surface area contributed by atoms with Gasteiger partial charge in [0.05, 0.1) is 23.0 Å². The second-order valence-corrected chi connectivity index (χ2v) is 7.94. The van der Waals surface area contributed by atoms with Gasteiger partial charge in [0.1, 0.15) is 0 Å². The molecule has 1 fully saturated rings. The number of rotatable bonds is 5. The number of carbonyl (C=O) groups excluding carboxylic acids is 2. The summed E-state index contributed by atoms with van der Waals surface area (Å²) < 4.78 is 81.0. The van der Waals surface area contributed by atoms with Gasteiger partial charge in [0.2, 0.25) is 5.91 Å². The number of hydrogen-bond donors (Lipinski definition) is 1. The lowest BCUT2D eigenvalue weighted by Crippen LogP contribution is -2.24. The molecule has 0 spiro atoms. The van der Waals surface area contributed by atoms with Crippen LogP contribution in [-0.4, -0.2) is 33.0 Å². The first-order valence-corrected chi connectivity index (χ1v) is 10.4. The van der Waals surface area contributed by atoms with E-state index in [0.29, 0.717) is 37.3 Å². The normalized spacial score (nSPS) is 14.5. The van der Waals surface area contributed by atoms with Gasteiger partial charge >= 0.3 is 12.4 Å². The highest BCUT2D eigenvalue weighted by atomic mass is 19.4. The van der Waals surface area contributed by atoms with Crippen LogP contribution in [0.15, 0.2) is 54.7 Å². The van der Waals surface area contributed by atoms with Gasteiger partial charge in [-0.1, -0.05) is 18.2 Å². The van der Waals surface area contributed by atoms with Gasteiger partial charge in [0, 0.05) is 25.2 Å². The molecule has 35 heavy (non-hydrogen) atoms. The minimum atomic E-state index is -5.09. The number of aromatic nitrogens is 2. The standard InChI is InChI=1S/C23H18F6N4O2/c24-22(25,26)15-5-2-7-17(11-15)33-20(23(27,28)29)18(12-30-33)21(35)31-16-6-1-4-14(10-16)13-32-9-3-8-19(32)34/h1-2,4-7,10-12H,3,8-9,13H2,(H,31,35). The van der Waals surface area contributed by atoms with Crippen LogP contribution in [0.5, 0.6) is 0 Å². The molecule has 0 bridgehead atoms. The summed E-state index contributed by atoms with van der Waals surface area (Å²) >= 11 is 0. The molecule has 1 N–H and O–H groups in total. The lowest BCUT2D eigenvalue weighted by atomic mass is 10.1. The highest BCUT2D eigenvalue weighted by Crippen LogP contribution is 2.36. The number of amides is 2. The summed E-state index contributed by atoms with van der Waals surface area (Å²) in [4.78, 5) is 26.2. The molecule has 4 rings (SSSR count). The first-order chi connectivity index (χ1) is 16.4. The zero-order valence-corrected chi connectivity index (χ0v) is 18.0. The second-order valence-electron chi connectivity index (χ2n) is 7.94. The van der Waals surface area contributed by atoms with Crippen LogP contribution < -0.4 is 5.32 Å². The fourth-order valence-corrected chi connectivity index (χ4v) is 3.83. The third-order valence-corrected chi connectivity index (χ3v) is 5.43. The van der Waals surface area contributed by atoms with Crippen molar-refractivity contribution >= 4 is 17.5 Å². The fourth-order valence-electron chi connectivity index (χ4n) is 3.83. The molecule has 12 heteroatoms. The average molecular weight is 496 g/mol. The van der Waals surface area contributed by atoms with Gasteiger partial charge in [-0.3, -0.25) is 9.59 Å². The van der Waals surface area contributed by atoms with Gasteiger partial charge in [-0.05, 0) is 42.3 Å². The number of nitrogens with zero attached hydrogens (tertiary/aromatic N) is 3. The Morgan fingerprint density at radius 3 is 2.40 bits per heavy atom. The topological polar surface area (TPSA) is 67.2 Å². The monoisotopic (exact) mass is 496 g/mol. The van der Waals surface area contributed by atoms with Gasteiger partial charge in [-0.15, -0.1) is 0 Å². The van der Waals surface area contributed by atoms with Crippen LogP contribution in [0, 0.1) is 0 Å². The van der Waals surface area contributed by atoms with Crippen LogP contribution in [0.3, 0.4) is 0 Å². The van der Waals surface area contributed by atoms with Crippen molar-refractivity contribution in [3.63, 3.8) is 0 Å². The average Bonchev–Trinajstić information content (AvgIpc) is 3.40. The Labute approximate surface area is 195 Å². The minimum absolute atomic E-state index is 0.00346. The molecule has 2 aromatic carbocycles. The Bertz CT molecular complexity index is 1270. The summed E-state index contributed by atoms with van der Waals surface area (Å²) in [5, 5.41) is 5.93. The fraction of sp³-hybridized carbons (Fsp3) is 0.261. The van der Waals surface area contributed by atoms with Crippen LogP contribution in [0.4, 0.5) is 32.0 Å². The molecule has 184 valence electrons. The van der Waals surface area contributed by atoms with Crippen molar-refractivity contribution in [1.82, 2.24) is 14.7 Å². The molecule has 1 saturated heterocycles. The van der Waals surface area contributed by atoms with Gasteiger partial charge in [-0.25, -0.2) is 4.68 Å². The zero-order chi connectivity index (χ0) is 25.4. The number of benzene rings is 2. The van der Waals surface area contributed by atoms with Crippen LogP contribution in [0.1, 0.15) is 40.0 Å². The third kappa shape index (κ3) is 5.31. The van der Waals surface area contributed by atoms with Crippen LogP contribution in [0.2, 0.25) is 0 Å². The number of hydrogen-bond acceptors (Lipinski definition) is 3. The quantitative estimate of drug-likeness (QED) is 0.489. The second kappa shape index (κ2) is 9.08. The van der Waals surface area contributed by atoms with Crippen LogP contribution in [0.25, 0.3) is 5.69 Å². The molecule has 1 aromatic heterocycles. The molecule has 1 aliphatic heterocycles. The maximum Gasteiger partial charge on any atom is 0.434 e. The van der Waals surface area contributed by atoms with E-state index in [1.54, 1.807) is 17.0 Å². The third-order valence-electron chi connectivity index (χ3n) is 5.43. The van der Waals surface area contributed by atoms with E-state index < -0.39 is 40.8 Å². The summed E-state index contributed by atoms with van der Waals surface area (Å²) in [6.07, 6.45) is -8.01. The summed E-state index contributed by atoms with van der Waals surface area (Å²) in [7, 11) is 0. The molecule has 0 unspecified atom stereocenters. The first-order valence-electron chi connectivity index (χ1n) is 10.4. The lowest BCUT2D eigenvalue weighted by Gasteiger charge is -2.16. The Balaban J connectivity index is 1.62. The van der Waals surface area contributed by atoms with Crippen molar-refractivity contribution in [3.05, 3.63) is 77.1 Å². The molecular formula is C23H18F6N4O2. The molecular weight excluding hydrogens is 478 g/mol. The molecule has 0 radical (unpaired) electrons. The van der Waals surface area contributed by atoms with Crippen molar-refractivity contribution in [3.8, 4) is 5.69 Å². The van der Waals surface area contributed by atoms with Gasteiger partial charge in [0.25, 0.3) is 5.91 Å². The first kappa shape index (κ1) is 24.3. The van der Waals surface area contributed by atoms with E-state index in [0.717, 1.165) is 24.6 Å². The predicted octanol–water partition coefficient (Wildman–Crippen LogP) is 5.28. The van der Waals surface area contributed by atoms with Gasteiger partial charge < -0.3 is 10.2 Å². The van der Waals surface area contributed by atoms with E-state index in [2.05, 4.69) is 10.4 Å². The van der Waals surface area contributed by atoms with Crippen molar-refractivity contribution in [1.29, 1.82) is 0 Å². The Kier molecular flexibility index (Phi) is 6.30. The van der Waals surface area contributed by atoms with E-state index in [4.69, 9.17) is 0 Å². The van der Waals surface area contributed by atoms with Crippen LogP contribution in [-0.2, 0) is 23.7 Å². The smallest absolute Gasteiger partial charge is 0.338 e. The lowest BCUT2D eigenvalue weighted by molar-refractivity contribution is -0.143. The van der Waals surface area contributed by atoms with Crippen LogP contribution >= 0.6 is 0 Å². The summed E-state index contributed by atoms with van der Waals surface area (Å²) in [5.74, 6) is -1.14. The summed E-state index contributed by atoms with van der Waals surface area (Å²) in [5.41, 5.74) is -3.14. The molecule has 3 aromatic rings. The maximum atomic E-state index is 13.9. The number of nitrogens with one attached hydrogen (secondary N) is 1. The largest absolute Gasteiger partial charge is 0.434 e. The van der Waals surface area contributed by atoms with Crippen molar-refractivity contribution < 1.29 is 35.9 Å². The number of alkyl halides is 6. The van der Waals surface area contributed by atoms with E-state index in [1.807, 2.05) is 0 Å². The Morgan fingerprint density at radius 1 is 1.00 bits per heavy atom. The molecule has 0 saturated carbocycles. The maximum absolute atomic E-state index is 13.9. The molecule has 2 amide bonds. The molecule has 0 atom stereocenters. The zero-order valence-electron chi connectivity index (χ0n) is 18.0. The Morgan fingerprint density at radius 2 is 1.74 bits per heavy atom. The highest BCUT2D eigenvalue weighted by Gasteiger charge is 2.41. The highest BCUT2D eigenvalue weighted by molar-refractivity contribution is 6.05. The molecule has 1 aliphatic rings. The van der Waals surface area contributed by atoms with E-state index in [-0.39, 0.29) is 16.3 Å². The predicted molar refractivity (Wildman–Crippen MR) is 113 cm³/mol. The van der Waals surface area contributed by atoms with Gasteiger partial charge in [-0.2, -0.15) is 31.4 Å². The Hall–Kier alpha value is -3.83. The summed E-state index contributed by atoms with van der Waals surface area (Å²) in [6, 6.07) is 9.53. The van der Waals surface area contributed by atoms with E-state index >= 15 is 0 Å². The molecule has 0 aliphatic carbocycles.